The molecule has 0 aromatic heterocycles. The first kappa shape index (κ1) is 21.5. The third-order valence-electron chi connectivity index (χ3n) is 6.05. The average molecular weight is 333 g/mol. The van der Waals surface area contributed by atoms with Crippen LogP contribution in [0.25, 0.3) is 0 Å². The number of allylic oxidation sites excluding steroid dienone is 4. The minimum absolute atomic E-state index is 0.839. The predicted molar refractivity (Wildman–Crippen MR) is 110 cm³/mol. The van der Waals surface area contributed by atoms with Crippen molar-refractivity contribution in [1.29, 1.82) is 0 Å². The van der Waals surface area contributed by atoms with Gasteiger partial charge < -0.3 is 0 Å². The molecule has 0 saturated heterocycles. The molecule has 0 radical (unpaired) electrons. The van der Waals surface area contributed by atoms with E-state index in [1.165, 1.54) is 57.8 Å². The molecule has 3 rings (SSSR count). The van der Waals surface area contributed by atoms with Gasteiger partial charge in [0, 0.05) is 0 Å². The fourth-order valence-electron chi connectivity index (χ4n) is 3.62. The molecule has 3 unspecified atom stereocenters. The van der Waals surface area contributed by atoms with E-state index in [1.807, 2.05) is 0 Å². The molecule has 140 valence electrons. The highest BCUT2D eigenvalue weighted by atomic mass is 14.2. The highest BCUT2D eigenvalue weighted by Gasteiger charge is 2.13. The third kappa shape index (κ3) is 10.4. The molecule has 0 aromatic carbocycles. The van der Waals surface area contributed by atoms with Gasteiger partial charge in [0.1, 0.15) is 0 Å². The van der Waals surface area contributed by atoms with E-state index in [-0.39, 0.29) is 0 Å². The van der Waals surface area contributed by atoms with Gasteiger partial charge in [-0.2, -0.15) is 0 Å². The van der Waals surface area contributed by atoms with Crippen molar-refractivity contribution in [3.63, 3.8) is 0 Å². The fraction of sp³-hybridized carbons (Fsp3) is 0.833. The van der Waals surface area contributed by atoms with E-state index in [2.05, 4.69) is 59.8 Å². The first-order valence-electron chi connectivity index (χ1n) is 10.7. The molecular formula is C24H44. The Kier molecular flexibility index (Phi) is 10.7. The van der Waals surface area contributed by atoms with Crippen molar-refractivity contribution in [3.8, 4) is 0 Å². The van der Waals surface area contributed by atoms with Crippen molar-refractivity contribution in [1.82, 2.24) is 0 Å². The van der Waals surface area contributed by atoms with Crippen LogP contribution in [0, 0.1) is 29.6 Å². The molecular weight excluding hydrogens is 288 g/mol. The Morgan fingerprint density at radius 3 is 1.38 bits per heavy atom. The predicted octanol–water partition coefficient (Wildman–Crippen LogP) is 8.19. The Hall–Kier alpha value is -0.520. The topological polar surface area (TPSA) is 0 Å². The van der Waals surface area contributed by atoms with Gasteiger partial charge in [0.25, 0.3) is 0 Å². The fourth-order valence-corrected chi connectivity index (χ4v) is 3.62. The zero-order valence-corrected chi connectivity index (χ0v) is 17.5. The molecule has 0 heterocycles. The van der Waals surface area contributed by atoms with E-state index in [4.69, 9.17) is 0 Å². The summed E-state index contributed by atoms with van der Waals surface area (Å²) < 4.78 is 0. The summed E-state index contributed by atoms with van der Waals surface area (Å²) in [5.41, 5.74) is 1.59. The molecule has 3 aliphatic rings. The van der Waals surface area contributed by atoms with Crippen molar-refractivity contribution >= 4 is 0 Å². The maximum absolute atomic E-state index is 2.37. The summed E-state index contributed by atoms with van der Waals surface area (Å²) in [7, 11) is 0. The number of rotatable bonds is 0. The van der Waals surface area contributed by atoms with Crippen LogP contribution in [0.15, 0.2) is 23.8 Å². The normalized spacial score (nSPS) is 35.8. The Bertz CT molecular complexity index is 345. The molecule has 0 amide bonds. The van der Waals surface area contributed by atoms with E-state index < -0.39 is 0 Å². The smallest absolute Gasteiger partial charge is 0.0262 e. The summed E-state index contributed by atoms with van der Waals surface area (Å²) >= 11 is 0. The first-order chi connectivity index (χ1) is 11.4. The summed E-state index contributed by atoms with van der Waals surface area (Å²) in [5, 5.41) is 0. The molecule has 1 saturated carbocycles. The molecule has 0 nitrogen and oxygen atoms in total. The second-order valence-corrected chi connectivity index (χ2v) is 9.21. The second kappa shape index (κ2) is 11.9. The monoisotopic (exact) mass is 332 g/mol. The van der Waals surface area contributed by atoms with E-state index in [1.54, 1.807) is 5.57 Å². The third-order valence-corrected chi connectivity index (χ3v) is 6.05. The summed E-state index contributed by atoms with van der Waals surface area (Å²) in [6.07, 6.45) is 19.7. The van der Waals surface area contributed by atoms with Crippen LogP contribution in [0.5, 0.6) is 0 Å². The van der Waals surface area contributed by atoms with Gasteiger partial charge in [0.05, 0.1) is 0 Å². The van der Waals surface area contributed by atoms with Gasteiger partial charge in [-0.25, -0.2) is 0 Å². The van der Waals surface area contributed by atoms with Crippen LogP contribution in [-0.2, 0) is 0 Å². The minimum Gasteiger partial charge on any atom is -0.0854 e. The van der Waals surface area contributed by atoms with Crippen LogP contribution in [-0.4, -0.2) is 0 Å². The summed E-state index contributed by atoms with van der Waals surface area (Å²) in [4.78, 5) is 0. The molecule has 0 aromatic rings. The van der Waals surface area contributed by atoms with Crippen LogP contribution in [0.2, 0.25) is 0 Å². The molecule has 0 spiro atoms. The molecule has 0 heteroatoms. The van der Waals surface area contributed by atoms with Gasteiger partial charge in [-0.05, 0) is 68.6 Å². The molecule has 3 atom stereocenters. The maximum Gasteiger partial charge on any atom is -0.0262 e. The van der Waals surface area contributed by atoms with Gasteiger partial charge in [-0.3, -0.25) is 0 Å². The summed E-state index contributed by atoms with van der Waals surface area (Å²) in [6, 6.07) is 0. The van der Waals surface area contributed by atoms with E-state index in [0.717, 1.165) is 29.6 Å². The van der Waals surface area contributed by atoms with E-state index in [0.29, 0.717) is 0 Å². The first-order valence-corrected chi connectivity index (χ1v) is 10.7. The van der Waals surface area contributed by atoms with Crippen molar-refractivity contribution < 1.29 is 0 Å². The SMILES string of the molecule is CC1=CCC(C)CC1.CC1C=CC(C)CC1.CC1CCC(C)CC1. The van der Waals surface area contributed by atoms with Crippen LogP contribution in [0.3, 0.4) is 0 Å². The Morgan fingerprint density at radius 1 is 0.625 bits per heavy atom. The molecule has 0 aliphatic heterocycles. The van der Waals surface area contributed by atoms with Crippen molar-refractivity contribution in [2.75, 3.05) is 0 Å². The van der Waals surface area contributed by atoms with E-state index >= 15 is 0 Å². The standard InChI is InChI=1S/C8H16.2C8H14/c3*1-7-3-5-8(2)6-4-7/h7-8H,3-6H2,1-2H3;3,8H,4-6H2,1-2H3;3,5,7-8H,4,6H2,1-2H3. The largest absolute Gasteiger partial charge is 0.0854 e. The van der Waals surface area contributed by atoms with Crippen molar-refractivity contribution in [2.24, 2.45) is 29.6 Å². The quantitative estimate of drug-likeness (QED) is 0.392. The second-order valence-electron chi connectivity index (χ2n) is 9.21. The summed E-state index contributed by atoms with van der Waals surface area (Å²) in [6.45, 7) is 13.8. The van der Waals surface area contributed by atoms with Gasteiger partial charge in [0.15, 0.2) is 0 Å². The lowest BCUT2D eigenvalue weighted by atomic mass is 9.84. The van der Waals surface area contributed by atoms with Crippen LogP contribution in [0.4, 0.5) is 0 Å². The zero-order chi connectivity index (χ0) is 17.9. The average Bonchev–Trinajstić information content (AvgIpc) is 2.57. The molecule has 0 bridgehead atoms. The lowest BCUT2D eigenvalue weighted by Crippen LogP contribution is -2.08. The van der Waals surface area contributed by atoms with Gasteiger partial charge in [-0.15, -0.1) is 0 Å². The zero-order valence-electron chi connectivity index (χ0n) is 17.5. The molecule has 3 aliphatic carbocycles. The van der Waals surface area contributed by atoms with Gasteiger partial charge in [-0.1, -0.05) is 84.1 Å². The van der Waals surface area contributed by atoms with Gasteiger partial charge in [0.2, 0.25) is 0 Å². The molecule has 1 fully saturated rings. The van der Waals surface area contributed by atoms with Crippen LogP contribution in [0.1, 0.15) is 99.3 Å². The van der Waals surface area contributed by atoms with Crippen molar-refractivity contribution in [3.05, 3.63) is 23.8 Å². The Morgan fingerprint density at radius 2 is 1.08 bits per heavy atom. The van der Waals surface area contributed by atoms with Crippen LogP contribution < -0.4 is 0 Å². The molecule has 24 heavy (non-hydrogen) atoms. The number of hydrogen-bond donors (Lipinski definition) is 0. The maximum atomic E-state index is 2.37. The Balaban J connectivity index is 0.000000180. The Labute approximate surface area is 153 Å². The van der Waals surface area contributed by atoms with E-state index in [9.17, 15) is 0 Å². The lowest BCUT2D eigenvalue weighted by molar-refractivity contribution is 0.308. The van der Waals surface area contributed by atoms with Crippen molar-refractivity contribution in [2.45, 2.75) is 99.3 Å². The molecule has 0 N–H and O–H groups in total. The van der Waals surface area contributed by atoms with Gasteiger partial charge >= 0.3 is 0 Å². The lowest BCUT2D eigenvalue weighted by Gasteiger charge is -2.22. The van der Waals surface area contributed by atoms with Crippen LogP contribution >= 0.6 is 0 Å². The number of hydrogen-bond acceptors (Lipinski definition) is 0. The minimum atomic E-state index is 0.839. The highest BCUT2D eigenvalue weighted by Crippen LogP contribution is 2.27. The highest BCUT2D eigenvalue weighted by molar-refractivity contribution is 5.02. The summed E-state index contributed by atoms with van der Waals surface area (Å²) in [5.74, 6) is 4.66.